The van der Waals surface area contributed by atoms with Gasteiger partial charge in [0.2, 0.25) is 0 Å². The number of fused-ring (bicyclic) bond motifs is 1. The zero-order valence-corrected chi connectivity index (χ0v) is 17.6. The van der Waals surface area contributed by atoms with Crippen molar-refractivity contribution in [1.82, 2.24) is 15.1 Å². The molecular weight excluding hydrogens is 360 g/mol. The van der Waals surface area contributed by atoms with Crippen LogP contribution in [0, 0.1) is 5.41 Å². The number of halogens is 2. The first-order valence-electron chi connectivity index (χ1n) is 11.0. The summed E-state index contributed by atoms with van der Waals surface area (Å²) in [5.74, 6) is -2.32. The Kier molecular flexibility index (Phi) is 5.32. The van der Waals surface area contributed by atoms with Crippen molar-refractivity contribution >= 4 is 0 Å². The molecule has 1 saturated carbocycles. The SMILES string of the molecule is CCCCNCc1nn2c(c1C1CCC3(CC1)CC(C)(C)CO3)CC(F)(F)C2. The lowest BCUT2D eigenvalue weighted by Gasteiger charge is -2.37. The summed E-state index contributed by atoms with van der Waals surface area (Å²) in [6.07, 6.45) is 7.32. The number of unbranched alkanes of at least 4 members (excludes halogenated alkanes) is 1. The molecule has 0 unspecified atom stereocenters. The van der Waals surface area contributed by atoms with Crippen molar-refractivity contribution in [2.24, 2.45) is 5.41 Å². The Balaban J connectivity index is 1.50. The van der Waals surface area contributed by atoms with Crippen LogP contribution in [0.2, 0.25) is 0 Å². The van der Waals surface area contributed by atoms with E-state index in [0.29, 0.717) is 12.5 Å². The van der Waals surface area contributed by atoms with Crippen LogP contribution >= 0.6 is 0 Å². The Morgan fingerprint density at radius 2 is 2.00 bits per heavy atom. The van der Waals surface area contributed by atoms with Gasteiger partial charge < -0.3 is 10.1 Å². The molecular formula is C22H35F2N3O. The Morgan fingerprint density at radius 3 is 2.64 bits per heavy atom. The summed E-state index contributed by atoms with van der Waals surface area (Å²) < 4.78 is 35.9. The fourth-order valence-corrected chi connectivity index (χ4v) is 5.59. The topological polar surface area (TPSA) is 39.1 Å². The van der Waals surface area contributed by atoms with E-state index in [2.05, 4.69) is 31.2 Å². The maximum absolute atomic E-state index is 14.0. The van der Waals surface area contributed by atoms with Crippen LogP contribution in [0.3, 0.4) is 0 Å². The molecule has 6 heteroatoms. The Bertz CT molecular complexity index is 705. The lowest BCUT2D eigenvalue weighted by atomic mass is 9.71. The number of hydrogen-bond acceptors (Lipinski definition) is 3. The first-order chi connectivity index (χ1) is 13.2. The van der Waals surface area contributed by atoms with Crippen LogP contribution in [0.1, 0.15) is 88.6 Å². The average Bonchev–Trinajstić information content (AvgIpc) is 3.20. The third kappa shape index (κ3) is 4.00. The number of nitrogens with one attached hydrogen (secondary N) is 1. The van der Waals surface area contributed by atoms with Gasteiger partial charge in [0.25, 0.3) is 5.92 Å². The fraction of sp³-hybridized carbons (Fsp3) is 0.864. The summed E-state index contributed by atoms with van der Waals surface area (Å²) >= 11 is 0. The maximum atomic E-state index is 14.0. The maximum Gasteiger partial charge on any atom is 0.272 e. The standard InChI is InChI=1S/C22H35F2N3O/c1-4-5-10-25-12-17-19(18-11-22(23,24)14-27(18)26-17)16-6-8-21(9-7-16)13-20(2,3)15-28-21/h16,25H,4-15H2,1-3H3. The van der Waals surface area contributed by atoms with Crippen LogP contribution in [0.25, 0.3) is 0 Å². The molecule has 0 bridgehead atoms. The van der Waals surface area contributed by atoms with Crippen molar-refractivity contribution in [3.8, 4) is 0 Å². The van der Waals surface area contributed by atoms with Crippen LogP contribution < -0.4 is 5.32 Å². The zero-order chi connectivity index (χ0) is 20.0. The molecule has 4 rings (SSSR count). The highest BCUT2D eigenvalue weighted by Crippen LogP contribution is 2.51. The Morgan fingerprint density at radius 1 is 1.25 bits per heavy atom. The molecule has 3 aliphatic rings. The number of aromatic nitrogens is 2. The number of rotatable bonds is 6. The predicted molar refractivity (Wildman–Crippen MR) is 106 cm³/mol. The molecule has 0 amide bonds. The second kappa shape index (κ2) is 7.35. The van der Waals surface area contributed by atoms with E-state index >= 15 is 0 Å². The van der Waals surface area contributed by atoms with E-state index in [9.17, 15) is 8.78 Å². The molecule has 2 aliphatic heterocycles. The molecule has 4 nitrogen and oxygen atoms in total. The van der Waals surface area contributed by atoms with Gasteiger partial charge in [0.1, 0.15) is 6.54 Å². The van der Waals surface area contributed by atoms with Crippen molar-refractivity contribution in [2.45, 2.75) is 103 Å². The summed E-state index contributed by atoms with van der Waals surface area (Å²) in [7, 11) is 0. The molecule has 1 aromatic heterocycles. The van der Waals surface area contributed by atoms with E-state index in [-0.39, 0.29) is 24.0 Å². The van der Waals surface area contributed by atoms with Gasteiger partial charge in [-0.2, -0.15) is 5.10 Å². The van der Waals surface area contributed by atoms with Crippen LogP contribution in [-0.2, 0) is 24.2 Å². The first kappa shape index (κ1) is 20.3. The third-order valence-electron chi connectivity index (χ3n) is 6.86. The van der Waals surface area contributed by atoms with Gasteiger partial charge in [0.05, 0.1) is 24.3 Å². The monoisotopic (exact) mass is 395 g/mol. The molecule has 1 aliphatic carbocycles. The van der Waals surface area contributed by atoms with E-state index < -0.39 is 5.92 Å². The summed E-state index contributed by atoms with van der Waals surface area (Å²) in [6, 6.07) is 0. The number of alkyl halides is 2. The Hall–Kier alpha value is -1.01. The summed E-state index contributed by atoms with van der Waals surface area (Å²) in [5, 5.41) is 8.08. The van der Waals surface area contributed by atoms with Crippen LogP contribution in [0.15, 0.2) is 0 Å². The van der Waals surface area contributed by atoms with E-state index in [1.165, 1.54) is 0 Å². The number of ether oxygens (including phenoxy) is 1. The smallest absolute Gasteiger partial charge is 0.272 e. The van der Waals surface area contributed by atoms with Gasteiger partial charge in [0.15, 0.2) is 0 Å². The van der Waals surface area contributed by atoms with E-state index in [1.807, 2.05) is 0 Å². The predicted octanol–water partition coefficient (Wildman–Crippen LogP) is 4.81. The molecule has 2 fully saturated rings. The summed E-state index contributed by atoms with van der Waals surface area (Å²) in [4.78, 5) is 0. The van der Waals surface area contributed by atoms with Crippen molar-refractivity contribution in [3.05, 3.63) is 17.0 Å². The van der Waals surface area contributed by atoms with Gasteiger partial charge in [-0.3, -0.25) is 4.68 Å². The minimum absolute atomic E-state index is 0.0137. The molecule has 28 heavy (non-hydrogen) atoms. The molecule has 0 radical (unpaired) electrons. The van der Waals surface area contributed by atoms with Crippen molar-refractivity contribution in [1.29, 1.82) is 0 Å². The van der Waals surface area contributed by atoms with Crippen molar-refractivity contribution in [2.75, 3.05) is 13.2 Å². The van der Waals surface area contributed by atoms with Gasteiger partial charge >= 0.3 is 0 Å². The highest BCUT2D eigenvalue weighted by molar-refractivity contribution is 5.34. The molecule has 1 aromatic rings. The number of hydrogen-bond donors (Lipinski definition) is 1. The highest BCUT2D eigenvalue weighted by atomic mass is 19.3. The second-order valence-electron chi connectivity index (χ2n) is 10.1. The first-order valence-corrected chi connectivity index (χ1v) is 11.0. The molecule has 0 atom stereocenters. The van der Waals surface area contributed by atoms with E-state index in [0.717, 1.165) is 75.0 Å². The Labute approximate surface area is 167 Å². The quantitative estimate of drug-likeness (QED) is 0.703. The average molecular weight is 396 g/mol. The van der Waals surface area contributed by atoms with Gasteiger partial charge in [0, 0.05) is 17.8 Å². The lowest BCUT2D eigenvalue weighted by molar-refractivity contribution is -0.0295. The lowest BCUT2D eigenvalue weighted by Crippen LogP contribution is -2.34. The van der Waals surface area contributed by atoms with Gasteiger partial charge in [-0.05, 0) is 56.4 Å². The molecule has 3 heterocycles. The normalized spacial score (nSPS) is 30.8. The van der Waals surface area contributed by atoms with E-state index in [1.54, 1.807) is 4.68 Å². The highest BCUT2D eigenvalue weighted by Gasteiger charge is 2.48. The fourth-order valence-electron chi connectivity index (χ4n) is 5.59. The zero-order valence-electron chi connectivity index (χ0n) is 17.6. The third-order valence-corrected chi connectivity index (χ3v) is 6.86. The minimum Gasteiger partial charge on any atom is -0.374 e. The molecule has 1 spiro atoms. The van der Waals surface area contributed by atoms with Crippen LogP contribution in [0.4, 0.5) is 8.78 Å². The van der Waals surface area contributed by atoms with Gasteiger partial charge in [-0.15, -0.1) is 0 Å². The number of nitrogens with zero attached hydrogens (tertiary/aromatic N) is 2. The summed E-state index contributed by atoms with van der Waals surface area (Å²) in [6.45, 7) is 8.93. The van der Waals surface area contributed by atoms with Crippen LogP contribution in [0.5, 0.6) is 0 Å². The molecule has 1 N–H and O–H groups in total. The molecule has 1 saturated heterocycles. The van der Waals surface area contributed by atoms with E-state index in [4.69, 9.17) is 4.74 Å². The minimum atomic E-state index is -2.65. The summed E-state index contributed by atoms with van der Waals surface area (Å²) in [5.41, 5.74) is 3.16. The largest absolute Gasteiger partial charge is 0.374 e. The molecule has 0 aromatic carbocycles. The molecule has 158 valence electrons. The van der Waals surface area contributed by atoms with Gasteiger partial charge in [-0.25, -0.2) is 8.78 Å². The van der Waals surface area contributed by atoms with Crippen molar-refractivity contribution < 1.29 is 13.5 Å². The van der Waals surface area contributed by atoms with Crippen molar-refractivity contribution in [3.63, 3.8) is 0 Å². The van der Waals surface area contributed by atoms with Crippen LogP contribution in [-0.4, -0.2) is 34.5 Å². The van der Waals surface area contributed by atoms with Gasteiger partial charge in [-0.1, -0.05) is 27.2 Å². The second-order valence-corrected chi connectivity index (χ2v) is 10.1.